The van der Waals surface area contributed by atoms with Crippen molar-refractivity contribution in [2.75, 3.05) is 19.8 Å². The molecule has 3 rings (SSSR count). The van der Waals surface area contributed by atoms with E-state index in [4.69, 9.17) is 15.2 Å². The van der Waals surface area contributed by atoms with Gasteiger partial charge >= 0.3 is 0 Å². The highest BCUT2D eigenvalue weighted by Crippen LogP contribution is 2.15. The van der Waals surface area contributed by atoms with E-state index in [1.807, 2.05) is 25.1 Å². The van der Waals surface area contributed by atoms with Crippen molar-refractivity contribution in [1.82, 2.24) is 15.3 Å². The Morgan fingerprint density at radius 2 is 2.33 bits per heavy atom. The first-order valence-electron chi connectivity index (χ1n) is 7.78. The van der Waals surface area contributed by atoms with Crippen molar-refractivity contribution in [1.29, 1.82) is 0 Å². The quantitative estimate of drug-likeness (QED) is 0.725. The lowest BCUT2D eigenvalue weighted by Crippen LogP contribution is -2.50. The summed E-state index contributed by atoms with van der Waals surface area (Å²) < 4.78 is 10.8. The minimum atomic E-state index is -0.557. The maximum absolute atomic E-state index is 12.5. The second-order valence-corrected chi connectivity index (χ2v) is 5.87. The van der Waals surface area contributed by atoms with Crippen LogP contribution < -0.4 is 11.1 Å². The number of aromatic nitrogens is 2. The summed E-state index contributed by atoms with van der Waals surface area (Å²) in [6.07, 6.45) is 0.177. The number of aryl methyl sites for hydroxylation is 1. The highest BCUT2D eigenvalue weighted by Gasteiger charge is 2.29. The van der Waals surface area contributed by atoms with Gasteiger partial charge in [-0.2, -0.15) is 0 Å². The van der Waals surface area contributed by atoms with Crippen LogP contribution in [0.25, 0.3) is 11.0 Å². The van der Waals surface area contributed by atoms with Crippen molar-refractivity contribution in [3.8, 4) is 0 Å². The molecule has 8 heteroatoms. The molecule has 0 unspecified atom stereocenters. The number of benzene rings is 1. The zero-order valence-corrected chi connectivity index (χ0v) is 13.4. The first kappa shape index (κ1) is 16.4. The number of H-pyrrole nitrogens is 1. The number of nitrogens with zero attached hydrogens (tertiary/aromatic N) is 1. The number of rotatable bonds is 5. The number of carbonyl (C=O) groups excluding carboxylic acids is 2. The lowest BCUT2D eigenvalue weighted by Gasteiger charge is -2.31. The van der Waals surface area contributed by atoms with Crippen LogP contribution in [0.15, 0.2) is 18.2 Å². The highest BCUT2D eigenvalue weighted by atomic mass is 16.5. The SMILES string of the molecule is Cc1ccc2nc(C(=O)N[C@@H]3CCOC[C@H]3OCC(N)=O)[nH]c2c1. The zero-order chi connectivity index (χ0) is 17.1. The van der Waals surface area contributed by atoms with E-state index in [-0.39, 0.29) is 24.4 Å². The van der Waals surface area contributed by atoms with Crippen LogP contribution in [0.5, 0.6) is 0 Å². The molecule has 2 aromatic rings. The second-order valence-electron chi connectivity index (χ2n) is 5.87. The number of imidazole rings is 1. The molecule has 2 amide bonds. The highest BCUT2D eigenvalue weighted by molar-refractivity contribution is 5.94. The van der Waals surface area contributed by atoms with Gasteiger partial charge in [0.25, 0.3) is 5.91 Å². The van der Waals surface area contributed by atoms with Gasteiger partial charge in [-0.05, 0) is 31.0 Å². The average molecular weight is 332 g/mol. The molecule has 8 nitrogen and oxygen atoms in total. The Balaban J connectivity index is 1.70. The maximum Gasteiger partial charge on any atom is 0.287 e. The van der Waals surface area contributed by atoms with E-state index in [1.165, 1.54) is 0 Å². The smallest absolute Gasteiger partial charge is 0.287 e. The third-order valence-corrected chi connectivity index (χ3v) is 3.91. The Bertz CT molecular complexity index is 758. The number of amides is 2. The lowest BCUT2D eigenvalue weighted by atomic mass is 10.1. The van der Waals surface area contributed by atoms with E-state index in [9.17, 15) is 9.59 Å². The minimum absolute atomic E-state index is 0.204. The van der Waals surface area contributed by atoms with E-state index in [0.717, 1.165) is 16.6 Å². The standard InChI is InChI=1S/C16H20N4O4/c1-9-2-3-10-12(6-9)19-15(18-10)16(22)20-11-4-5-23-7-13(11)24-8-14(17)21/h2-3,6,11,13H,4-5,7-8H2,1H3,(H2,17,21)(H,18,19)(H,20,22)/t11-,13-/m1/s1. The normalized spacial score (nSPS) is 20.9. The molecule has 0 spiro atoms. The second kappa shape index (κ2) is 6.98. The molecule has 1 saturated heterocycles. The minimum Gasteiger partial charge on any atom is -0.379 e. The van der Waals surface area contributed by atoms with E-state index in [1.54, 1.807) is 0 Å². The predicted molar refractivity (Wildman–Crippen MR) is 86.5 cm³/mol. The van der Waals surface area contributed by atoms with E-state index in [0.29, 0.717) is 19.6 Å². The summed E-state index contributed by atoms with van der Waals surface area (Å²) in [5.74, 6) is -0.627. The van der Waals surface area contributed by atoms with Gasteiger partial charge < -0.3 is 25.5 Å². The van der Waals surface area contributed by atoms with E-state index >= 15 is 0 Å². The molecule has 1 aromatic heterocycles. The Morgan fingerprint density at radius 1 is 1.50 bits per heavy atom. The molecule has 1 aliphatic heterocycles. The number of carbonyl (C=O) groups is 2. The van der Waals surface area contributed by atoms with E-state index in [2.05, 4.69) is 15.3 Å². The molecular weight excluding hydrogens is 312 g/mol. The molecule has 0 radical (unpaired) electrons. The third-order valence-electron chi connectivity index (χ3n) is 3.91. The van der Waals surface area contributed by atoms with Crippen LogP contribution in [0.3, 0.4) is 0 Å². The number of primary amides is 1. The van der Waals surface area contributed by atoms with Gasteiger partial charge in [-0.15, -0.1) is 0 Å². The molecule has 1 aromatic carbocycles. The van der Waals surface area contributed by atoms with Crippen molar-refractivity contribution in [3.05, 3.63) is 29.6 Å². The van der Waals surface area contributed by atoms with Crippen molar-refractivity contribution < 1.29 is 19.1 Å². The monoisotopic (exact) mass is 332 g/mol. The van der Waals surface area contributed by atoms with E-state index < -0.39 is 12.0 Å². The fourth-order valence-corrected chi connectivity index (χ4v) is 2.70. The number of hydrogen-bond donors (Lipinski definition) is 3. The predicted octanol–water partition coefficient (Wildman–Crippen LogP) is 0.261. The Hall–Kier alpha value is -2.45. The molecule has 0 aliphatic carbocycles. The number of nitrogens with two attached hydrogens (primary N) is 1. The first-order chi connectivity index (χ1) is 11.5. The van der Waals surface area contributed by atoms with Crippen LogP contribution in [0.1, 0.15) is 22.6 Å². The average Bonchev–Trinajstić information content (AvgIpc) is 2.97. The Kier molecular flexibility index (Phi) is 4.77. The molecule has 0 bridgehead atoms. The summed E-state index contributed by atoms with van der Waals surface area (Å²) in [5.41, 5.74) is 7.73. The fourth-order valence-electron chi connectivity index (χ4n) is 2.70. The Labute approximate surface area is 138 Å². The zero-order valence-electron chi connectivity index (χ0n) is 13.4. The van der Waals surface area contributed by atoms with Gasteiger partial charge in [-0.3, -0.25) is 9.59 Å². The Morgan fingerprint density at radius 3 is 3.12 bits per heavy atom. The van der Waals surface area contributed by atoms with Crippen LogP contribution in [0, 0.1) is 6.92 Å². The van der Waals surface area contributed by atoms with Gasteiger partial charge in [-0.25, -0.2) is 4.98 Å². The molecule has 128 valence electrons. The molecule has 2 heterocycles. The van der Waals surface area contributed by atoms with Gasteiger partial charge in [0.15, 0.2) is 5.82 Å². The largest absolute Gasteiger partial charge is 0.379 e. The van der Waals surface area contributed by atoms with Gasteiger partial charge in [0.05, 0.1) is 23.7 Å². The molecule has 2 atom stereocenters. The van der Waals surface area contributed by atoms with Gasteiger partial charge in [0.2, 0.25) is 5.91 Å². The summed E-state index contributed by atoms with van der Waals surface area (Å²) in [4.78, 5) is 30.7. The topological polar surface area (TPSA) is 119 Å². The number of aromatic amines is 1. The van der Waals surface area contributed by atoms with Crippen LogP contribution in [-0.2, 0) is 14.3 Å². The summed E-state index contributed by atoms with van der Waals surface area (Å²) in [7, 11) is 0. The number of fused-ring (bicyclic) bond motifs is 1. The summed E-state index contributed by atoms with van der Waals surface area (Å²) in [5, 5.41) is 2.89. The van der Waals surface area contributed by atoms with Crippen LogP contribution >= 0.6 is 0 Å². The van der Waals surface area contributed by atoms with Crippen molar-refractivity contribution in [3.63, 3.8) is 0 Å². The van der Waals surface area contributed by atoms with Crippen molar-refractivity contribution in [2.45, 2.75) is 25.5 Å². The summed E-state index contributed by atoms with van der Waals surface area (Å²) in [6, 6.07) is 5.48. The summed E-state index contributed by atoms with van der Waals surface area (Å²) in [6.45, 7) is 2.59. The lowest BCUT2D eigenvalue weighted by molar-refractivity contribution is -0.129. The molecule has 0 saturated carbocycles. The maximum atomic E-state index is 12.5. The fraction of sp³-hybridized carbons (Fsp3) is 0.438. The number of nitrogens with one attached hydrogen (secondary N) is 2. The summed E-state index contributed by atoms with van der Waals surface area (Å²) >= 11 is 0. The number of hydrogen-bond acceptors (Lipinski definition) is 5. The third kappa shape index (κ3) is 3.72. The van der Waals surface area contributed by atoms with Crippen LogP contribution in [-0.4, -0.2) is 53.7 Å². The van der Waals surface area contributed by atoms with Gasteiger partial charge in [0, 0.05) is 6.61 Å². The first-order valence-corrected chi connectivity index (χ1v) is 7.78. The molecule has 1 aliphatic rings. The van der Waals surface area contributed by atoms with Gasteiger partial charge in [-0.1, -0.05) is 6.07 Å². The van der Waals surface area contributed by atoms with Crippen molar-refractivity contribution in [2.24, 2.45) is 5.73 Å². The van der Waals surface area contributed by atoms with Crippen LogP contribution in [0.4, 0.5) is 0 Å². The van der Waals surface area contributed by atoms with Crippen LogP contribution in [0.2, 0.25) is 0 Å². The number of ether oxygens (including phenoxy) is 2. The molecule has 24 heavy (non-hydrogen) atoms. The molecular formula is C16H20N4O4. The molecule has 1 fully saturated rings. The van der Waals surface area contributed by atoms with Gasteiger partial charge in [0.1, 0.15) is 12.7 Å². The molecule has 4 N–H and O–H groups in total. The van der Waals surface area contributed by atoms with Crippen molar-refractivity contribution >= 4 is 22.8 Å².